The molecule has 0 aliphatic heterocycles. The van der Waals surface area contributed by atoms with Crippen molar-refractivity contribution in [1.82, 2.24) is 0 Å². The topological polar surface area (TPSA) is 35.2 Å². The van der Waals surface area contributed by atoms with Gasteiger partial charge in [-0.2, -0.15) is 13.2 Å². The Labute approximate surface area is 89.8 Å². The normalized spacial score (nSPS) is 11.7. The first kappa shape index (κ1) is 12.1. The molecule has 0 bridgehead atoms. The Bertz CT molecular complexity index is 341. The van der Waals surface area contributed by atoms with Crippen LogP contribution in [-0.4, -0.2) is 12.8 Å². The Kier molecular flexibility index (Phi) is 3.82. The van der Waals surface area contributed by atoms with Crippen LogP contribution in [-0.2, 0) is 11.3 Å². The summed E-state index contributed by atoms with van der Waals surface area (Å²) < 4.78 is 39.6. The van der Waals surface area contributed by atoms with Crippen molar-refractivity contribution >= 4 is 17.3 Å². The summed E-state index contributed by atoms with van der Waals surface area (Å²) in [5.41, 5.74) is 6.35. The lowest BCUT2D eigenvalue weighted by Gasteiger charge is -2.08. The van der Waals surface area contributed by atoms with E-state index in [0.29, 0.717) is 16.3 Å². The molecule has 2 N–H and O–H groups in total. The number of ether oxygens (including phenoxy) is 1. The second kappa shape index (κ2) is 4.72. The number of benzene rings is 1. The van der Waals surface area contributed by atoms with Crippen LogP contribution in [0.1, 0.15) is 5.56 Å². The van der Waals surface area contributed by atoms with Gasteiger partial charge in [0.15, 0.2) is 0 Å². The molecule has 0 amide bonds. The Morgan fingerprint density at radius 2 is 2.00 bits per heavy atom. The highest BCUT2D eigenvalue weighted by molar-refractivity contribution is 6.33. The number of nitrogens with two attached hydrogens (primary N) is 1. The van der Waals surface area contributed by atoms with Crippen LogP contribution in [0.2, 0.25) is 5.02 Å². The SMILES string of the molecule is Nc1cc(COCC(F)(F)F)ccc1Cl. The van der Waals surface area contributed by atoms with Crippen molar-refractivity contribution in [2.75, 3.05) is 12.3 Å². The van der Waals surface area contributed by atoms with E-state index < -0.39 is 12.8 Å². The summed E-state index contributed by atoms with van der Waals surface area (Å²) in [5.74, 6) is 0. The Hall–Kier alpha value is -0.940. The van der Waals surface area contributed by atoms with Crippen molar-refractivity contribution in [3.63, 3.8) is 0 Å². The van der Waals surface area contributed by atoms with Crippen molar-refractivity contribution in [2.45, 2.75) is 12.8 Å². The van der Waals surface area contributed by atoms with Gasteiger partial charge in [0.05, 0.1) is 17.3 Å². The lowest BCUT2D eigenvalue weighted by Crippen LogP contribution is -2.16. The highest BCUT2D eigenvalue weighted by atomic mass is 35.5. The molecule has 6 heteroatoms. The van der Waals surface area contributed by atoms with Crippen LogP contribution in [0.5, 0.6) is 0 Å². The fourth-order valence-corrected chi connectivity index (χ4v) is 1.09. The second-order valence-corrected chi connectivity index (χ2v) is 3.37. The zero-order valence-corrected chi connectivity index (χ0v) is 8.40. The van der Waals surface area contributed by atoms with E-state index in [9.17, 15) is 13.2 Å². The number of hydrogen-bond donors (Lipinski definition) is 1. The van der Waals surface area contributed by atoms with Gasteiger partial charge in [-0.15, -0.1) is 0 Å². The number of halogens is 4. The molecule has 0 atom stereocenters. The van der Waals surface area contributed by atoms with Crippen LogP contribution in [0.25, 0.3) is 0 Å². The molecular weight excluding hydrogens is 231 g/mol. The molecule has 0 spiro atoms. The van der Waals surface area contributed by atoms with Gasteiger partial charge in [0.2, 0.25) is 0 Å². The Morgan fingerprint density at radius 3 is 2.53 bits per heavy atom. The summed E-state index contributed by atoms with van der Waals surface area (Å²) in [4.78, 5) is 0. The van der Waals surface area contributed by atoms with E-state index in [0.717, 1.165) is 0 Å². The molecule has 1 aromatic rings. The van der Waals surface area contributed by atoms with Gasteiger partial charge in [0, 0.05) is 0 Å². The maximum atomic E-state index is 11.7. The van der Waals surface area contributed by atoms with Gasteiger partial charge in [0.1, 0.15) is 6.61 Å². The molecule has 0 fully saturated rings. The number of anilines is 1. The number of hydrogen-bond acceptors (Lipinski definition) is 2. The molecule has 84 valence electrons. The standard InChI is InChI=1S/C9H9ClF3NO/c10-7-2-1-6(3-8(7)14)4-15-5-9(11,12)13/h1-3H,4-5,14H2. The average molecular weight is 240 g/mol. The minimum absolute atomic E-state index is 0.138. The monoisotopic (exact) mass is 239 g/mol. The summed E-state index contributed by atoms with van der Waals surface area (Å²) in [5, 5.41) is 0.370. The van der Waals surface area contributed by atoms with Crippen LogP contribution in [0.4, 0.5) is 18.9 Å². The largest absolute Gasteiger partial charge is 0.411 e. The predicted molar refractivity (Wildman–Crippen MR) is 51.6 cm³/mol. The molecule has 0 aliphatic carbocycles. The third-order valence-corrected chi connectivity index (χ3v) is 1.94. The van der Waals surface area contributed by atoms with Crippen LogP contribution in [0, 0.1) is 0 Å². The molecule has 15 heavy (non-hydrogen) atoms. The molecule has 2 nitrogen and oxygen atoms in total. The molecular formula is C9H9ClF3NO. The Balaban J connectivity index is 2.48. The van der Waals surface area contributed by atoms with E-state index in [1.54, 1.807) is 6.07 Å². The second-order valence-electron chi connectivity index (χ2n) is 2.96. The first-order chi connectivity index (χ1) is 6.88. The van der Waals surface area contributed by atoms with Crippen molar-refractivity contribution < 1.29 is 17.9 Å². The van der Waals surface area contributed by atoms with Gasteiger partial charge >= 0.3 is 6.18 Å². The summed E-state index contributed by atoms with van der Waals surface area (Å²) in [7, 11) is 0. The highest BCUT2D eigenvalue weighted by Crippen LogP contribution is 2.21. The van der Waals surface area contributed by atoms with Crippen LogP contribution in [0.3, 0.4) is 0 Å². The summed E-state index contributed by atoms with van der Waals surface area (Å²) >= 11 is 5.64. The maximum absolute atomic E-state index is 11.7. The summed E-state index contributed by atoms with van der Waals surface area (Å²) in [6.45, 7) is -1.41. The molecule has 0 unspecified atom stereocenters. The van der Waals surface area contributed by atoms with E-state index in [1.165, 1.54) is 12.1 Å². The van der Waals surface area contributed by atoms with Crippen molar-refractivity contribution in [1.29, 1.82) is 0 Å². The highest BCUT2D eigenvalue weighted by Gasteiger charge is 2.27. The fraction of sp³-hybridized carbons (Fsp3) is 0.333. The Morgan fingerprint density at radius 1 is 1.33 bits per heavy atom. The number of nitrogen functional groups attached to an aromatic ring is 1. The van der Waals surface area contributed by atoms with Crippen LogP contribution >= 0.6 is 11.6 Å². The van der Waals surface area contributed by atoms with E-state index >= 15 is 0 Å². The summed E-state index contributed by atoms with van der Waals surface area (Å²) in [6, 6.07) is 4.57. The molecule has 1 aromatic carbocycles. The van der Waals surface area contributed by atoms with Crippen LogP contribution < -0.4 is 5.73 Å². The third kappa shape index (κ3) is 4.40. The molecule has 1 rings (SSSR count). The van der Waals surface area contributed by atoms with Crippen molar-refractivity contribution in [3.8, 4) is 0 Å². The van der Waals surface area contributed by atoms with E-state index in [2.05, 4.69) is 4.74 Å². The van der Waals surface area contributed by atoms with Crippen molar-refractivity contribution in [2.24, 2.45) is 0 Å². The minimum atomic E-state index is -4.31. The first-order valence-corrected chi connectivity index (χ1v) is 4.45. The molecule has 0 aliphatic rings. The lowest BCUT2D eigenvalue weighted by atomic mass is 10.2. The fourth-order valence-electron chi connectivity index (χ4n) is 0.968. The molecule has 0 radical (unpaired) electrons. The summed E-state index contributed by atoms with van der Waals surface area (Å²) in [6.07, 6.45) is -4.31. The zero-order chi connectivity index (χ0) is 11.5. The zero-order valence-electron chi connectivity index (χ0n) is 7.64. The molecule has 0 aromatic heterocycles. The van der Waals surface area contributed by atoms with E-state index in [1.807, 2.05) is 0 Å². The lowest BCUT2D eigenvalue weighted by molar-refractivity contribution is -0.176. The van der Waals surface area contributed by atoms with Crippen molar-refractivity contribution in [3.05, 3.63) is 28.8 Å². The van der Waals surface area contributed by atoms with E-state index in [4.69, 9.17) is 17.3 Å². The third-order valence-electron chi connectivity index (χ3n) is 1.59. The average Bonchev–Trinajstić information content (AvgIpc) is 2.09. The smallest absolute Gasteiger partial charge is 0.398 e. The van der Waals surface area contributed by atoms with Gasteiger partial charge in [-0.1, -0.05) is 17.7 Å². The first-order valence-electron chi connectivity index (χ1n) is 4.07. The predicted octanol–water partition coefficient (Wildman–Crippen LogP) is 3.00. The van der Waals surface area contributed by atoms with Gasteiger partial charge in [-0.25, -0.2) is 0 Å². The maximum Gasteiger partial charge on any atom is 0.411 e. The van der Waals surface area contributed by atoms with Crippen LogP contribution in [0.15, 0.2) is 18.2 Å². The van der Waals surface area contributed by atoms with Gasteiger partial charge in [0.25, 0.3) is 0 Å². The molecule has 0 heterocycles. The van der Waals surface area contributed by atoms with Gasteiger partial charge in [-0.05, 0) is 17.7 Å². The number of rotatable bonds is 3. The molecule has 0 saturated heterocycles. The van der Waals surface area contributed by atoms with Gasteiger partial charge in [-0.3, -0.25) is 0 Å². The molecule has 0 saturated carbocycles. The van der Waals surface area contributed by atoms with E-state index in [-0.39, 0.29) is 6.61 Å². The quantitative estimate of drug-likeness (QED) is 0.823. The minimum Gasteiger partial charge on any atom is -0.398 e. The van der Waals surface area contributed by atoms with Gasteiger partial charge < -0.3 is 10.5 Å². The number of alkyl halides is 3.